The molecule has 0 aliphatic heterocycles. The van der Waals surface area contributed by atoms with Crippen molar-refractivity contribution in [2.75, 3.05) is 6.67 Å². The lowest BCUT2D eigenvalue weighted by atomic mass is 10.0. The van der Waals surface area contributed by atoms with Gasteiger partial charge in [0.2, 0.25) is 0 Å². The largest absolute Gasteiger partial charge is 0.481 e. The molecule has 0 spiro atoms. The van der Waals surface area contributed by atoms with E-state index in [1.54, 1.807) is 24.3 Å². The third-order valence-electron chi connectivity index (χ3n) is 1.72. The highest BCUT2D eigenvalue weighted by Gasteiger charge is 2.18. The molecule has 2 nitrogen and oxygen atoms in total. The second-order valence-corrected chi connectivity index (χ2v) is 3.51. The van der Waals surface area contributed by atoms with Gasteiger partial charge in [-0.2, -0.15) is 0 Å². The van der Waals surface area contributed by atoms with Crippen LogP contribution in [0.25, 0.3) is 0 Å². The summed E-state index contributed by atoms with van der Waals surface area (Å²) in [5.74, 6) is -2.18. The highest BCUT2D eigenvalue weighted by Crippen LogP contribution is 2.19. The summed E-state index contributed by atoms with van der Waals surface area (Å²) in [6, 6.07) is 6.59. The molecule has 0 aliphatic rings. The normalized spacial score (nSPS) is 12.5. The van der Waals surface area contributed by atoms with Crippen molar-refractivity contribution >= 4 is 21.9 Å². The number of benzene rings is 1. The Bertz CT molecular complexity index is 297. The molecule has 4 heteroatoms. The minimum Gasteiger partial charge on any atom is -0.481 e. The predicted molar refractivity (Wildman–Crippen MR) is 50.5 cm³/mol. The topological polar surface area (TPSA) is 37.3 Å². The molecule has 1 N–H and O–H groups in total. The maximum Gasteiger partial charge on any atom is 0.313 e. The second kappa shape index (κ2) is 4.37. The Morgan fingerprint density at radius 1 is 1.46 bits per heavy atom. The van der Waals surface area contributed by atoms with Gasteiger partial charge in [0.25, 0.3) is 0 Å². The zero-order valence-electron chi connectivity index (χ0n) is 6.71. The first-order chi connectivity index (χ1) is 6.15. The first-order valence-electron chi connectivity index (χ1n) is 3.69. The van der Waals surface area contributed by atoms with Crippen LogP contribution in [0.5, 0.6) is 0 Å². The Hall–Kier alpha value is -0.900. The lowest BCUT2D eigenvalue weighted by Crippen LogP contribution is -2.13. The summed E-state index contributed by atoms with van der Waals surface area (Å²) in [6.45, 7) is -0.878. The van der Waals surface area contributed by atoms with Crippen molar-refractivity contribution in [2.45, 2.75) is 5.92 Å². The molecule has 0 saturated carbocycles. The molecular formula is C9H8BrFO2. The van der Waals surface area contributed by atoms with Gasteiger partial charge < -0.3 is 5.11 Å². The molecule has 13 heavy (non-hydrogen) atoms. The van der Waals surface area contributed by atoms with Crippen LogP contribution in [0, 0.1) is 0 Å². The Balaban J connectivity index is 2.92. The van der Waals surface area contributed by atoms with Gasteiger partial charge in [-0.25, -0.2) is 4.39 Å². The first-order valence-corrected chi connectivity index (χ1v) is 4.48. The summed E-state index contributed by atoms with van der Waals surface area (Å²) in [4.78, 5) is 10.6. The summed E-state index contributed by atoms with van der Waals surface area (Å²) < 4.78 is 13.1. The van der Waals surface area contributed by atoms with E-state index in [0.717, 1.165) is 4.47 Å². The molecule has 0 radical (unpaired) electrons. The van der Waals surface area contributed by atoms with E-state index in [-0.39, 0.29) is 0 Å². The lowest BCUT2D eigenvalue weighted by molar-refractivity contribution is -0.139. The van der Waals surface area contributed by atoms with E-state index in [1.807, 2.05) is 0 Å². The number of carbonyl (C=O) groups is 1. The average Bonchev–Trinajstić information content (AvgIpc) is 2.09. The first kappa shape index (κ1) is 10.2. The molecule has 0 saturated heterocycles. The number of carboxylic acid groups (broad SMARTS) is 1. The molecule has 1 atom stereocenters. The fraction of sp³-hybridized carbons (Fsp3) is 0.222. The van der Waals surface area contributed by atoms with E-state index in [2.05, 4.69) is 15.9 Å². The lowest BCUT2D eigenvalue weighted by Gasteiger charge is -2.07. The molecule has 0 heterocycles. The van der Waals surface area contributed by atoms with E-state index >= 15 is 0 Å². The highest BCUT2D eigenvalue weighted by molar-refractivity contribution is 9.10. The third kappa shape index (κ3) is 2.52. The van der Waals surface area contributed by atoms with Crippen LogP contribution in [0.3, 0.4) is 0 Å². The fourth-order valence-electron chi connectivity index (χ4n) is 0.993. The van der Waals surface area contributed by atoms with Gasteiger partial charge in [-0.05, 0) is 17.7 Å². The maximum absolute atomic E-state index is 12.3. The SMILES string of the molecule is O=C(O)C(CF)c1ccc(Br)cc1. The summed E-state index contributed by atoms with van der Waals surface area (Å²) in [6.07, 6.45) is 0. The van der Waals surface area contributed by atoms with Crippen molar-refractivity contribution in [2.24, 2.45) is 0 Å². The number of carboxylic acids is 1. The van der Waals surface area contributed by atoms with Gasteiger partial charge in [-0.3, -0.25) is 4.79 Å². The second-order valence-electron chi connectivity index (χ2n) is 2.60. The van der Waals surface area contributed by atoms with E-state index in [0.29, 0.717) is 5.56 Å². The van der Waals surface area contributed by atoms with Crippen molar-refractivity contribution in [3.8, 4) is 0 Å². The van der Waals surface area contributed by atoms with Gasteiger partial charge in [-0.1, -0.05) is 28.1 Å². The van der Waals surface area contributed by atoms with Gasteiger partial charge >= 0.3 is 5.97 Å². The number of halogens is 2. The standard InChI is InChI=1S/C9H8BrFO2/c10-7-3-1-6(2-4-7)8(5-11)9(12)13/h1-4,8H,5H2,(H,12,13). The molecule has 0 bridgehead atoms. The Kier molecular flexibility index (Phi) is 3.42. The van der Waals surface area contributed by atoms with E-state index in [1.165, 1.54) is 0 Å². The highest BCUT2D eigenvalue weighted by atomic mass is 79.9. The molecule has 1 unspecified atom stereocenters. The fourth-order valence-corrected chi connectivity index (χ4v) is 1.26. The number of aliphatic carboxylic acids is 1. The molecule has 0 amide bonds. The minimum absolute atomic E-state index is 0.484. The molecule has 0 aromatic heterocycles. The van der Waals surface area contributed by atoms with Crippen molar-refractivity contribution < 1.29 is 14.3 Å². The van der Waals surface area contributed by atoms with Crippen LogP contribution in [0.2, 0.25) is 0 Å². The number of alkyl halides is 1. The van der Waals surface area contributed by atoms with Crippen molar-refractivity contribution in [3.05, 3.63) is 34.3 Å². The van der Waals surface area contributed by atoms with Crippen molar-refractivity contribution in [3.63, 3.8) is 0 Å². The third-order valence-corrected chi connectivity index (χ3v) is 2.25. The van der Waals surface area contributed by atoms with Gasteiger partial charge in [0.1, 0.15) is 12.6 Å². The summed E-state index contributed by atoms with van der Waals surface area (Å²) >= 11 is 3.21. The number of hydrogen-bond acceptors (Lipinski definition) is 1. The Morgan fingerprint density at radius 2 is 2.00 bits per heavy atom. The Labute approximate surface area is 83.5 Å². The van der Waals surface area contributed by atoms with Crippen LogP contribution in [0.15, 0.2) is 28.7 Å². The van der Waals surface area contributed by atoms with Crippen molar-refractivity contribution in [1.82, 2.24) is 0 Å². The zero-order chi connectivity index (χ0) is 9.84. The van der Waals surface area contributed by atoms with Crippen LogP contribution in [-0.4, -0.2) is 17.8 Å². The van der Waals surface area contributed by atoms with E-state index in [9.17, 15) is 9.18 Å². The molecule has 0 fully saturated rings. The van der Waals surface area contributed by atoms with E-state index in [4.69, 9.17) is 5.11 Å². The Morgan fingerprint density at radius 3 is 2.38 bits per heavy atom. The minimum atomic E-state index is -1.13. The van der Waals surface area contributed by atoms with Gasteiger partial charge in [0, 0.05) is 4.47 Å². The maximum atomic E-state index is 12.3. The van der Waals surface area contributed by atoms with Crippen LogP contribution in [0.1, 0.15) is 11.5 Å². The smallest absolute Gasteiger partial charge is 0.313 e. The molecule has 1 aromatic carbocycles. The van der Waals surface area contributed by atoms with Gasteiger partial charge in [0.05, 0.1) is 0 Å². The monoisotopic (exact) mass is 246 g/mol. The average molecular weight is 247 g/mol. The predicted octanol–water partition coefficient (Wildman–Crippen LogP) is 2.59. The summed E-state index contributed by atoms with van der Waals surface area (Å²) in [5.41, 5.74) is 0.484. The quantitative estimate of drug-likeness (QED) is 0.891. The van der Waals surface area contributed by atoms with Gasteiger partial charge in [-0.15, -0.1) is 0 Å². The summed E-state index contributed by atoms with van der Waals surface area (Å²) in [7, 11) is 0. The van der Waals surface area contributed by atoms with Crippen LogP contribution < -0.4 is 0 Å². The molecule has 70 valence electrons. The summed E-state index contributed by atoms with van der Waals surface area (Å²) in [5, 5.41) is 8.64. The molecule has 1 rings (SSSR count). The van der Waals surface area contributed by atoms with Crippen molar-refractivity contribution in [1.29, 1.82) is 0 Å². The molecule has 0 aliphatic carbocycles. The van der Waals surface area contributed by atoms with Gasteiger partial charge in [0.15, 0.2) is 0 Å². The van der Waals surface area contributed by atoms with Crippen LogP contribution in [-0.2, 0) is 4.79 Å². The molecular weight excluding hydrogens is 239 g/mol. The molecule has 1 aromatic rings. The van der Waals surface area contributed by atoms with Crippen LogP contribution in [0.4, 0.5) is 4.39 Å². The van der Waals surface area contributed by atoms with E-state index < -0.39 is 18.6 Å². The number of rotatable bonds is 3. The number of hydrogen-bond donors (Lipinski definition) is 1. The van der Waals surface area contributed by atoms with Crippen LogP contribution >= 0.6 is 15.9 Å². The zero-order valence-corrected chi connectivity index (χ0v) is 8.29.